The highest BCUT2D eigenvalue weighted by Gasteiger charge is 2.33. The van der Waals surface area contributed by atoms with Crippen LogP contribution in [-0.2, 0) is 0 Å². The van der Waals surface area contributed by atoms with Crippen LogP contribution < -0.4 is 5.73 Å². The highest BCUT2D eigenvalue weighted by molar-refractivity contribution is 4.85. The first-order valence-electron chi connectivity index (χ1n) is 5.30. The molecule has 1 saturated carbocycles. The molecule has 1 rings (SSSR count). The van der Waals surface area contributed by atoms with E-state index in [-0.39, 0.29) is 0 Å². The normalized spacial score (nSPS) is 31.0. The molecule has 1 aliphatic carbocycles. The van der Waals surface area contributed by atoms with Crippen LogP contribution in [-0.4, -0.2) is 6.54 Å². The van der Waals surface area contributed by atoms with Crippen molar-refractivity contribution in [3.63, 3.8) is 0 Å². The summed E-state index contributed by atoms with van der Waals surface area (Å²) in [4.78, 5) is 0. The van der Waals surface area contributed by atoms with Gasteiger partial charge in [-0.2, -0.15) is 0 Å². The van der Waals surface area contributed by atoms with Crippen molar-refractivity contribution in [3.8, 4) is 0 Å². The Labute approximate surface area is 76.7 Å². The molecule has 0 bridgehead atoms. The second-order valence-corrected chi connectivity index (χ2v) is 4.95. The summed E-state index contributed by atoms with van der Waals surface area (Å²) < 4.78 is 0. The molecule has 0 spiro atoms. The van der Waals surface area contributed by atoms with Crippen LogP contribution in [0.25, 0.3) is 0 Å². The van der Waals surface area contributed by atoms with Crippen molar-refractivity contribution >= 4 is 0 Å². The predicted molar refractivity (Wildman–Crippen MR) is 54.0 cm³/mol. The molecule has 2 atom stereocenters. The average Bonchev–Trinajstić information content (AvgIpc) is 2.52. The van der Waals surface area contributed by atoms with E-state index in [4.69, 9.17) is 5.73 Å². The van der Waals surface area contributed by atoms with Gasteiger partial charge in [0.05, 0.1) is 0 Å². The minimum atomic E-state index is 0.546. The summed E-state index contributed by atoms with van der Waals surface area (Å²) >= 11 is 0. The molecule has 1 fully saturated rings. The van der Waals surface area contributed by atoms with Crippen molar-refractivity contribution in [1.29, 1.82) is 0 Å². The highest BCUT2D eigenvalue weighted by atomic mass is 14.6. The molecule has 0 heterocycles. The zero-order valence-electron chi connectivity index (χ0n) is 8.77. The molecule has 1 nitrogen and oxygen atoms in total. The summed E-state index contributed by atoms with van der Waals surface area (Å²) in [6.45, 7) is 8.00. The van der Waals surface area contributed by atoms with Crippen molar-refractivity contribution in [2.24, 2.45) is 23.0 Å². The molecule has 0 aromatic rings. The fraction of sp³-hybridized carbons (Fsp3) is 1.00. The molecule has 0 saturated heterocycles. The smallest absolute Gasteiger partial charge is 0.00488 e. The largest absolute Gasteiger partial charge is 0.330 e. The second-order valence-electron chi connectivity index (χ2n) is 4.95. The lowest BCUT2D eigenvalue weighted by Crippen LogP contribution is -2.21. The van der Waals surface area contributed by atoms with Gasteiger partial charge in [-0.15, -0.1) is 0 Å². The lowest BCUT2D eigenvalue weighted by molar-refractivity contribution is 0.203. The summed E-state index contributed by atoms with van der Waals surface area (Å²) in [5, 5.41) is 0. The molecule has 1 heteroatoms. The Balaban J connectivity index is 2.46. The van der Waals surface area contributed by atoms with Gasteiger partial charge in [-0.3, -0.25) is 0 Å². The van der Waals surface area contributed by atoms with E-state index in [1.807, 2.05) is 0 Å². The molecule has 2 unspecified atom stereocenters. The van der Waals surface area contributed by atoms with Crippen molar-refractivity contribution in [1.82, 2.24) is 0 Å². The fourth-order valence-corrected chi connectivity index (χ4v) is 2.29. The van der Waals surface area contributed by atoms with Crippen molar-refractivity contribution < 1.29 is 0 Å². The Morgan fingerprint density at radius 2 is 2.00 bits per heavy atom. The van der Waals surface area contributed by atoms with Crippen LogP contribution in [0.15, 0.2) is 0 Å². The van der Waals surface area contributed by atoms with Gasteiger partial charge in [0, 0.05) is 0 Å². The third-order valence-electron chi connectivity index (χ3n) is 3.89. The number of hydrogen-bond acceptors (Lipinski definition) is 1. The van der Waals surface area contributed by atoms with Gasteiger partial charge in [0.15, 0.2) is 0 Å². The number of rotatable bonds is 3. The van der Waals surface area contributed by atoms with Crippen LogP contribution in [0, 0.1) is 17.3 Å². The summed E-state index contributed by atoms with van der Waals surface area (Å²) in [5.41, 5.74) is 6.23. The number of hydrogen-bond donors (Lipinski definition) is 1. The summed E-state index contributed by atoms with van der Waals surface area (Å²) in [6, 6.07) is 0. The molecule has 0 aromatic heterocycles. The third-order valence-corrected chi connectivity index (χ3v) is 3.89. The second kappa shape index (κ2) is 3.78. The first kappa shape index (κ1) is 10.0. The van der Waals surface area contributed by atoms with E-state index >= 15 is 0 Å². The van der Waals surface area contributed by atoms with Gasteiger partial charge >= 0.3 is 0 Å². The molecule has 2 N–H and O–H groups in total. The van der Waals surface area contributed by atoms with Crippen molar-refractivity contribution in [2.75, 3.05) is 6.54 Å². The van der Waals surface area contributed by atoms with Gasteiger partial charge in [0.25, 0.3) is 0 Å². The van der Waals surface area contributed by atoms with Crippen LogP contribution in [0.5, 0.6) is 0 Å². The lowest BCUT2D eigenvalue weighted by atomic mass is 9.75. The van der Waals surface area contributed by atoms with Crippen LogP contribution >= 0.6 is 0 Å². The van der Waals surface area contributed by atoms with E-state index in [1.165, 1.54) is 25.7 Å². The van der Waals surface area contributed by atoms with E-state index < -0.39 is 0 Å². The van der Waals surface area contributed by atoms with Gasteiger partial charge < -0.3 is 5.73 Å². The molecule has 1 aliphatic rings. The molecular weight excluding hydrogens is 146 g/mol. The average molecular weight is 169 g/mol. The van der Waals surface area contributed by atoms with Crippen LogP contribution in [0.3, 0.4) is 0 Å². The Kier molecular flexibility index (Phi) is 3.16. The Hall–Kier alpha value is -0.0400. The quantitative estimate of drug-likeness (QED) is 0.690. The Bertz CT molecular complexity index is 140. The van der Waals surface area contributed by atoms with E-state index in [1.54, 1.807) is 0 Å². The first-order chi connectivity index (χ1) is 5.60. The van der Waals surface area contributed by atoms with Gasteiger partial charge in [0.2, 0.25) is 0 Å². The maximum atomic E-state index is 5.68. The summed E-state index contributed by atoms with van der Waals surface area (Å²) in [6.07, 6.45) is 5.44. The van der Waals surface area contributed by atoms with E-state index in [2.05, 4.69) is 20.8 Å². The molecule has 0 radical (unpaired) electrons. The Morgan fingerprint density at radius 3 is 2.42 bits per heavy atom. The third kappa shape index (κ3) is 2.01. The topological polar surface area (TPSA) is 26.0 Å². The molecule has 12 heavy (non-hydrogen) atoms. The predicted octanol–water partition coefficient (Wildman–Crippen LogP) is 2.80. The monoisotopic (exact) mass is 169 g/mol. The molecular formula is C11H23N. The van der Waals surface area contributed by atoms with E-state index in [0.29, 0.717) is 5.41 Å². The summed E-state index contributed by atoms with van der Waals surface area (Å²) in [5.74, 6) is 1.75. The first-order valence-corrected chi connectivity index (χ1v) is 5.30. The number of nitrogens with two attached hydrogens (primary N) is 1. The summed E-state index contributed by atoms with van der Waals surface area (Å²) in [7, 11) is 0. The van der Waals surface area contributed by atoms with Crippen molar-refractivity contribution in [2.45, 2.75) is 46.5 Å². The van der Waals surface area contributed by atoms with E-state index in [0.717, 1.165) is 18.4 Å². The lowest BCUT2D eigenvalue weighted by Gasteiger charge is -2.30. The zero-order valence-corrected chi connectivity index (χ0v) is 8.77. The maximum Gasteiger partial charge on any atom is -0.00488 e. The molecule has 0 amide bonds. The fourth-order valence-electron chi connectivity index (χ4n) is 2.29. The zero-order chi connectivity index (χ0) is 9.19. The molecule has 0 aromatic carbocycles. The standard InChI is InChI=1S/C11H23N/c1-4-11(2,3)10-6-5-9(7-10)8-12/h9-10H,4-8,12H2,1-3H3. The Morgan fingerprint density at radius 1 is 1.33 bits per heavy atom. The van der Waals surface area contributed by atoms with Crippen LogP contribution in [0.1, 0.15) is 46.5 Å². The van der Waals surface area contributed by atoms with Gasteiger partial charge in [-0.25, -0.2) is 0 Å². The van der Waals surface area contributed by atoms with Gasteiger partial charge in [-0.05, 0) is 43.1 Å². The molecule has 72 valence electrons. The van der Waals surface area contributed by atoms with Crippen LogP contribution in [0.2, 0.25) is 0 Å². The minimum absolute atomic E-state index is 0.546. The maximum absolute atomic E-state index is 5.68. The van der Waals surface area contributed by atoms with E-state index in [9.17, 15) is 0 Å². The van der Waals surface area contributed by atoms with Gasteiger partial charge in [-0.1, -0.05) is 27.2 Å². The highest BCUT2D eigenvalue weighted by Crippen LogP contribution is 2.43. The van der Waals surface area contributed by atoms with Crippen molar-refractivity contribution in [3.05, 3.63) is 0 Å². The molecule has 0 aliphatic heterocycles. The minimum Gasteiger partial charge on any atom is -0.330 e. The van der Waals surface area contributed by atoms with Gasteiger partial charge in [0.1, 0.15) is 0 Å². The SMILES string of the molecule is CCC(C)(C)C1CCC(CN)C1. The van der Waals surface area contributed by atoms with Crippen LogP contribution in [0.4, 0.5) is 0 Å².